The van der Waals surface area contributed by atoms with Crippen LogP contribution < -0.4 is 5.32 Å². The Kier molecular flexibility index (Phi) is 4.94. The Morgan fingerprint density at radius 1 is 1.10 bits per heavy atom. The largest absolute Gasteiger partial charge is 0.342 e. The molecule has 3 heterocycles. The van der Waals surface area contributed by atoms with E-state index in [9.17, 15) is 4.79 Å². The van der Waals surface area contributed by atoms with Gasteiger partial charge >= 0.3 is 0 Å². The van der Waals surface area contributed by atoms with Gasteiger partial charge in [-0.3, -0.25) is 4.79 Å². The third-order valence-electron chi connectivity index (χ3n) is 5.28. The molecule has 0 spiro atoms. The molecule has 20 heavy (non-hydrogen) atoms. The van der Waals surface area contributed by atoms with Gasteiger partial charge in [-0.15, -0.1) is 0 Å². The SMILES string of the molecule is O=C(CCC1CCNC1)N1CCC(CN2CCCC2)C1. The molecule has 3 aliphatic heterocycles. The molecule has 0 aromatic heterocycles. The summed E-state index contributed by atoms with van der Waals surface area (Å²) in [5.41, 5.74) is 0. The third kappa shape index (κ3) is 3.73. The Balaban J connectivity index is 1.36. The van der Waals surface area contributed by atoms with Gasteiger partial charge in [0.2, 0.25) is 5.91 Å². The molecule has 0 bridgehead atoms. The number of nitrogens with zero attached hydrogens (tertiary/aromatic N) is 2. The molecule has 1 amide bonds. The Morgan fingerprint density at radius 3 is 2.70 bits per heavy atom. The topological polar surface area (TPSA) is 35.6 Å². The van der Waals surface area contributed by atoms with Crippen molar-refractivity contribution in [3.8, 4) is 0 Å². The second-order valence-corrected chi connectivity index (χ2v) is 6.90. The van der Waals surface area contributed by atoms with E-state index in [1.165, 1.54) is 45.3 Å². The number of amides is 1. The van der Waals surface area contributed by atoms with E-state index in [4.69, 9.17) is 0 Å². The van der Waals surface area contributed by atoms with Crippen LogP contribution in [0.15, 0.2) is 0 Å². The highest BCUT2D eigenvalue weighted by Crippen LogP contribution is 2.22. The average molecular weight is 279 g/mol. The summed E-state index contributed by atoms with van der Waals surface area (Å²) in [7, 11) is 0. The van der Waals surface area contributed by atoms with Crippen LogP contribution in [-0.2, 0) is 4.79 Å². The van der Waals surface area contributed by atoms with Crippen LogP contribution in [0.1, 0.15) is 38.5 Å². The first-order valence-corrected chi connectivity index (χ1v) is 8.52. The normalized spacial score (nSPS) is 31.3. The molecular weight excluding hydrogens is 250 g/mol. The van der Waals surface area contributed by atoms with Gasteiger partial charge in [0.15, 0.2) is 0 Å². The zero-order valence-electron chi connectivity index (χ0n) is 12.6. The van der Waals surface area contributed by atoms with Crippen molar-refractivity contribution >= 4 is 5.91 Å². The zero-order chi connectivity index (χ0) is 13.8. The lowest BCUT2D eigenvalue weighted by molar-refractivity contribution is -0.130. The van der Waals surface area contributed by atoms with Crippen LogP contribution in [0.3, 0.4) is 0 Å². The minimum absolute atomic E-state index is 0.404. The maximum Gasteiger partial charge on any atom is 0.222 e. The van der Waals surface area contributed by atoms with Gasteiger partial charge in [-0.25, -0.2) is 0 Å². The lowest BCUT2D eigenvalue weighted by Gasteiger charge is -2.21. The second kappa shape index (κ2) is 6.90. The first-order valence-electron chi connectivity index (χ1n) is 8.52. The molecule has 1 N–H and O–H groups in total. The van der Waals surface area contributed by atoms with E-state index in [0.29, 0.717) is 5.91 Å². The first-order chi connectivity index (χ1) is 9.81. The van der Waals surface area contributed by atoms with Gasteiger partial charge in [0.25, 0.3) is 0 Å². The summed E-state index contributed by atoms with van der Waals surface area (Å²) in [6.45, 7) is 8.04. The van der Waals surface area contributed by atoms with Gasteiger partial charge < -0.3 is 15.1 Å². The maximum absolute atomic E-state index is 12.3. The Labute approximate surface area is 122 Å². The van der Waals surface area contributed by atoms with E-state index < -0.39 is 0 Å². The maximum atomic E-state index is 12.3. The van der Waals surface area contributed by atoms with Crippen molar-refractivity contribution in [2.45, 2.75) is 38.5 Å². The molecule has 114 valence electrons. The zero-order valence-corrected chi connectivity index (χ0v) is 12.6. The molecule has 0 aromatic rings. The predicted octanol–water partition coefficient (Wildman–Crippen LogP) is 1.32. The fourth-order valence-corrected chi connectivity index (χ4v) is 3.99. The van der Waals surface area contributed by atoms with E-state index in [1.807, 2.05) is 0 Å². The number of carbonyl (C=O) groups is 1. The van der Waals surface area contributed by atoms with E-state index in [1.54, 1.807) is 0 Å². The van der Waals surface area contributed by atoms with E-state index in [0.717, 1.165) is 50.9 Å². The Bertz CT molecular complexity index is 322. The number of likely N-dealkylation sites (tertiary alicyclic amines) is 2. The summed E-state index contributed by atoms with van der Waals surface area (Å²) in [6, 6.07) is 0. The lowest BCUT2D eigenvalue weighted by Crippen LogP contribution is -2.32. The number of hydrogen-bond donors (Lipinski definition) is 1. The third-order valence-corrected chi connectivity index (χ3v) is 5.28. The van der Waals surface area contributed by atoms with Crippen LogP contribution in [0.2, 0.25) is 0 Å². The van der Waals surface area contributed by atoms with Gasteiger partial charge in [-0.1, -0.05) is 0 Å². The van der Waals surface area contributed by atoms with Gasteiger partial charge in [0.1, 0.15) is 0 Å². The monoisotopic (exact) mass is 279 g/mol. The summed E-state index contributed by atoms with van der Waals surface area (Å²) in [6.07, 6.45) is 7.05. The molecule has 3 rings (SSSR count). The van der Waals surface area contributed by atoms with Crippen molar-refractivity contribution in [3.05, 3.63) is 0 Å². The number of carbonyl (C=O) groups excluding carboxylic acids is 1. The molecule has 4 heteroatoms. The van der Waals surface area contributed by atoms with Crippen molar-refractivity contribution in [2.75, 3.05) is 45.8 Å². The first kappa shape index (κ1) is 14.3. The molecular formula is C16H29N3O. The van der Waals surface area contributed by atoms with Crippen LogP contribution in [0, 0.1) is 11.8 Å². The van der Waals surface area contributed by atoms with Crippen molar-refractivity contribution < 1.29 is 4.79 Å². The molecule has 3 fully saturated rings. The Morgan fingerprint density at radius 2 is 1.95 bits per heavy atom. The second-order valence-electron chi connectivity index (χ2n) is 6.90. The summed E-state index contributed by atoms with van der Waals surface area (Å²) >= 11 is 0. The van der Waals surface area contributed by atoms with Crippen LogP contribution in [0.4, 0.5) is 0 Å². The predicted molar refractivity (Wildman–Crippen MR) is 80.6 cm³/mol. The van der Waals surface area contributed by atoms with Crippen molar-refractivity contribution in [1.29, 1.82) is 0 Å². The minimum atomic E-state index is 0.404. The molecule has 2 unspecified atom stereocenters. The fourth-order valence-electron chi connectivity index (χ4n) is 3.99. The number of hydrogen-bond acceptors (Lipinski definition) is 3. The molecule has 0 aliphatic carbocycles. The van der Waals surface area contributed by atoms with E-state index in [2.05, 4.69) is 15.1 Å². The molecule has 0 aromatic carbocycles. The molecule has 4 nitrogen and oxygen atoms in total. The van der Waals surface area contributed by atoms with Crippen molar-refractivity contribution in [2.24, 2.45) is 11.8 Å². The quantitative estimate of drug-likeness (QED) is 0.824. The smallest absolute Gasteiger partial charge is 0.222 e. The van der Waals surface area contributed by atoms with E-state index >= 15 is 0 Å². The van der Waals surface area contributed by atoms with Crippen LogP contribution >= 0.6 is 0 Å². The highest BCUT2D eigenvalue weighted by Gasteiger charge is 2.28. The highest BCUT2D eigenvalue weighted by atomic mass is 16.2. The van der Waals surface area contributed by atoms with Gasteiger partial charge in [-0.05, 0) is 70.1 Å². The lowest BCUT2D eigenvalue weighted by atomic mass is 10.0. The fraction of sp³-hybridized carbons (Fsp3) is 0.938. The highest BCUT2D eigenvalue weighted by molar-refractivity contribution is 5.76. The molecule has 3 aliphatic rings. The van der Waals surface area contributed by atoms with Gasteiger partial charge in [0, 0.05) is 26.1 Å². The summed E-state index contributed by atoms with van der Waals surface area (Å²) in [5, 5.41) is 3.38. The van der Waals surface area contributed by atoms with Crippen molar-refractivity contribution in [1.82, 2.24) is 15.1 Å². The molecule has 2 atom stereocenters. The van der Waals surface area contributed by atoms with Crippen molar-refractivity contribution in [3.63, 3.8) is 0 Å². The summed E-state index contributed by atoms with van der Waals surface area (Å²) in [5.74, 6) is 1.87. The number of nitrogens with one attached hydrogen (secondary N) is 1. The standard InChI is InChI=1S/C16H29N3O/c20-16(4-3-14-5-7-17-11-14)19-10-6-15(13-19)12-18-8-1-2-9-18/h14-15,17H,1-13H2. The van der Waals surface area contributed by atoms with Gasteiger partial charge in [0.05, 0.1) is 0 Å². The molecule has 0 radical (unpaired) electrons. The van der Waals surface area contributed by atoms with Gasteiger partial charge in [-0.2, -0.15) is 0 Å². The minimum Gasteiger partial charge on any atom is -0.342 e. The van der Waals surface area contributed by atoms with Crippen LogP contribution in [0.25, 0.3) is 0 Å². The summed E-state index contributed by atoms with van der Waals surface area (Å²) in [4.78, 5) is 17.0. The molecule has 3 saturated heterocycles. The molecule has 0 saturated carbocycles. The average Bonchev–Trinajstić information content (AvgIpc) is 3.19. The Hall–Kier alpha value is -0.610. The summed E-state index contributed by atoms with van der Waals surface area (Å²) < 4.78 is 0. The van der Waals surface area contributed by atoms with Crippen LogP contribution in [-0.4, -0.2) is 61.5 Å². The van der Waals surface area contributed by atoms with Crippen LogP contribution in [0.5, 0.6) is 0 Å². The van der Waals surface area contributed by atoms with E-state index in [-0.39, 0.29) is 0 Å². The number of rotatable bonds is 5.